The summed E-state index contributed by atoms with van der Waals surface area (Å²) in [4.78, 5) is 0. The van der Waals surface area contributed by atoms with Crippen molar-refractivity contribution in [1.82, 2.24) is 0 Å². The molecule has 128 valence electrons. The molecule has 0 aliphatic rings. The molecule has 1 rings (SSSR count). The molecule has 1 heteroatoms. The van der Waals surface area contributed by atoms with Crippen molar-refractivity contribution in [3.8, 4) is 0 Å². The van der Waals surface area contributed by atoms with Crippen molar-refractivity contribution in [2.75, 3.05) is 12.4 Å². The zero-order chi connectivity index (χ0) is 16.8. The summed E-state index contributed by atoms with van der Waals surface area (Å²) in [6.07, 6.45) is 9.26. The molecule has 0 saturated heterocycles. The summed E-state index contributed by atoms with van der Waals surface area (Å²) in [5, 5.41) is 3.15. The fourth-order valence-electron chi connectivity index (χ4n) is 2.70. The zero-order valence-electron chi connectivity index (χ0n) is 15.9. The molecule has 0 heterocycles. The van der Waals surface area contributed by atoms with Crippen LogP contribution in [-0.2, 0) is 6.42 Å². The molecule has 0 aromatic heterocycles. The molecule has 0 spiro atoms. The first kappa shape index (κ1) is 21.0. The number of rotatable bonds is 9. The summed E-state index contributed by atoms with van der Waals surface area (Å²) in [6.45, 7) is 11.4. The smallest absolute Gasteiger partial charge is 0.0337 e. The minimum absolute atomic E-state index is 0.857. The second-order valence-corrected chi connectivity index (χ2v) is 6.52. The standard InChI is InChI=1S/C14H23N.C7H16/c1-4-6-12(5-2)11-13-7-9-14(15-3)10-8-13;1-4-6-7(3)5-2/h7-10,12,15H,4-6,11H2,1-3H3;7H,4-6H2,1-3H3. The molecule has 2 unspecified atom stereocenters. The van der Waals surface area contributed by atoms with Gasteiger partial charge in [-0.15, -0.1) is 0 Å². The van der Waals surface area contributed by atoms with Gasteiger partial charge in [0.2, 0.25) is 0 Å². The maximum atomic E-state index is 3.15. The highest BCUT2D eigenvalue weighted by molar-refractivity contribution is 5.43. The van der Waals surface area contributed by atoms with Gasteiger partial charge in [-0.2, -0.15) is 0 Å². The Hall–Kier alpha value is -0.980. The quantitative estimate of drug-likeness (QED) is 0.521. The molecule has 22 heavy (non-hydrogen) atoms. The van der Waals surface area contributed by atoms with Crippen LogP contribution >= 0.6 is 0 Å². The Morgan fingerprint density at radius 2 is 1.45 bits per heavy atom. The highest BCUT2D eigenvalue weighted by Crippen LogP contribution is 2.18. The molecule has 0 bridgehead atoms. The van der Waals surface area contributed by atoms with Gasteiger partial charge in [0.05, 0.1) is 0 Å². The fraction of sp³-hybridized carbons (Fsp3) is 0.714. The van der Waals surface area contributed by atoms with Gasteiger partial charge in [0, 0.05) is 12.7 Å². The van der Waals surface area contributed by atoms with Crippen LogP contribution in [-0.4, -0.2) is 7.05 Å². The number of hydrogen-bond acceptors (Lipinski definition) is 1. The van der Waals surface area contributed by atoms with Gasteiger partial charge in [0.15, 0.2) is 0 Å². The Morgan fingerprint density at radius 1 is 0.864 bits per heavy atom. The zero-order valence-corrected chi connectivity index (χ0v) is 15.9. The minimum Gasteiger partial charge on any atom is -0.388 e. The van der Waals surface area contributed by atoms with E-state index in [2.05, 4.69) is 64.2 Å². The molecule has 0 aliphatic carbocycles. The average molecular weight is 306 g/mol. The molecule has 2 atom stereocenters. The van der Waals surface area contributed by atoms with E-state index < -0.39 is 0 Å². The van der Waals surface area contributed by atoms with Gasteiger partial charge < -0.3 is 5.32 Å². The maximum absolute atomic E-state index is 3.15. The van der Waals surface area contributed by atoms with Crippen molar-refractivity contribution >= 4 is 5.69 Å². The lowest BCUT2D eigenvalue weighted by Crippen LogP contribution is -2.02. The molecule has 0 radical (unpaired) electrons. The van der Waals surface area contributed by atoms with Gasteiger partial charge in [-0.25, -0.2) is 0 Å². The number of nitrogens with one attached hydrogen (secondary N) is 1. The summed E-state index contributed by atoms with van der Waals surface area (Å²) in [6, 6.07) is 8.80. The monoisotopic (exact) mass is 305 g/mol. The van der Waals surface area contributed by atoms with E-state index in [0.717, 1.165) is 11.8 Å². The van der Waals surface area contributed by atoms with Crippen LogP contribution in [0.4, 0.5) is 5.69 Å². The van der Waals surface area contributed by atoms with E-state index in [1.54, 1.807) is 0 Å². The third-order valence-corrected chi connectivity index (χ3v) is 4.52. The Morgan fingerprint density at radius 3 is 1.82 bits per heavy atom. The van der Waals surface area contributed by atoms with Crippen LogP contribution < -0.4 is 5.32 Å². The average Bonchev–Trinajstić information content (AvgIpc) is 2.55. The predicted octanol–water partition coefficient (Wildman–Crippen LogP) is 6.93. The third-order valence-electron chi connectivity index (χ3n) is 4.52. The van der Waals surface area contributed by atoms with Crippen molar-refractivity contribution in [1.29, 1.82) is 0 Å². The highest BCUT2D eigenvalue weighted by atomic mass is 14.8. The molecule has 0 aliphatic heterocycles. The maximum Gasteiger partial charge on any atom is 0.0337 e. The molecule has 0 amide bonds. The molecular weight excluding hydrogens is 266 g/mol. The molecule has 0 fully saturated rings. The first-order valence-corrected chi connectivity index (χ1v) is 9.37. The van der Waals surface area contributed by atoms with E-state index in [9.17, 15) is 0 Å². The van der Waals surface area contributed by atoms with Gasteiger partial charge in [-0.05, 0) is 36.0 Å². The van der Waals surface area contributed by atoms with Crippen molar-refractivity contribution in [3.63, 3.8) is 0 Å². The lowest BCUT2D eigenvalue weighted by Gasteiger charge is -2.13. The summed E-state index contributed by atoms with van der Waals surface area (Å²) < 4.78 is 0. The van der Waals surface area contributed by atoms with Gasteiger partial charge in [0.1, 0.15) is 0 Å². The van der Waals surface area contributed by atoms with Crippen LogP contribution in [0, 0.1) is 11.8 Å². The third kappa shape index (κ3) is 9.87. The molecule has 0 saturated carbocycles. The van der Waals surface area contributed by atoms with E-state index >= 15 is 0 Å². The Balaban J connectivity index is 0.000000534. The summed E-state index contributed by atoms with van der Waals surface area (Å²) in [5.74, 6) is 1.81. The molecule has 1 aromatic carbocycles. The Kier molecular flexibility index (Phi) is 13.1. The molecule has 1 aromatic rings. The second-order valence-electron chi connectivity index (χ2n) is 6.52. The van der Waals surface area contributed by atoms with Gasteiger partial charge >= 0.3 is 0 Å². The molecule has 1 nitrogen and oxygen atoms in total. The molecule has 1 N–H and O–H groups in total. The van der Waals surface area contributed by atoms with Gasteiger partial charge in [-0.3, -0.25) is 0 Å². The van der Waals surface area contributed by atoms with Crippen molar-refractivity contribution in [3.05, 3.63) is 29.8 Å². The largest absolute Gasteiger partial charge is 0.388 e. The SMILES string of the molecule is CCCC(C)CC.CCCC(CC)Cc1ccc(NC)cc1. The summed E-state index contributed by atoms with van der Waals surface area (Å²) in [5.41, 5.74) is 2.66. The number of anilines is 1. The van der Waals surface area contributed by atoms with Crippen LogP contribution in [0.2, 0.25) is 0 Å². The van der Waals surface area contributed by atoms with Crippen molar-refractivity contribution < 1.29 is 0 Å². The lowest BCUT2D eigenvalue weighted by atomic mass is 9.93. The van der Waals surface area contributed by atoms with Crippen molar-refractivity contribution in [2.45, 2.75) is 79.6 Å². The lowest BCUT2D eigenvalue weighted by molar-refractivity contribution is 0.462. The highest BCUT2D eigenvalue weighted by Gasteiger charge is 2.05. The summed E-state index contributed by atoms with van der Waals surface area (Å²) in [7, 11) is 1.96. The van der Waals surface area contributed by atoms with Crippen molar-refractivity contribution in [2.24, 2.45) is 11.8 Å². The van der Waals surface area contributed by atoms with E-state index in [1.165, 1.54) is 56.2 Å². The topological polar surface area (TPSA) is 12.0 Å². The van der Waals surface area contributed by atoms with E-state index in [4.69, 9.17) is 0 Å². The minimum atomic E-state index is 0.857. The second kappa shape index (κ2) is 13.7. The first-order chi connectivity index (χ1) is 10.6. The van der Waals surface area contributed by atoms with Gasteiger partial charge in [-0.1, -0.05) is 85.3 Å². The number of benzene rings is 1. The predicted molar refractivity (Wildman–Crippen MR) is 103 cm³/mol. The van der Waals surface area contributed by atoms with Gasteiger partial charge in [0.25, 0.3) is 0 Å². The van der Waals surface area contributed by atoms with Crippen LogP contribution in [0.1, 0.15) is 78.7 Å². The van der Waals surface area contributed by atoms with E-state index in [-0.39, 0.29) is 0 Å². The summed E-state index contributed by atoms with van der Waals surface area (Å²) >= 11 is 0. The Bertz CT molecular complexity index is 341. The van der Waals surface area contributed by atoms with Crippen LogP contribution in [0.3, 0.4) is 0 Å². The van der Waals surface area contributed by atoms with Crippen LogP contribution in [0.5, 0.6) is 0 Å². The fourth-order valence-corrected chi connectivity index (χ4v) is 2.70. The van der Waals surface area contributed by atoms with E-state index in [0.29, 0.717) is 0 Å². The first-order valence-electron chi connectivity index (χ1n) is 9.37. The number of hydrogen-bond donors (Lipinski definition) is 1. The van der Waals surface area contributed by atoms with E-state index in [1.807, 2.05) is 7.05 Å². The Labute approximate surface area is 139 Å². The van der Waals surface area contributed by atoms with Crippen LogP contribution in [0.15, 0.2) is 24.3 Å². The molecular formula is C21H39N. The normalized spacial score (nSPS) is 13.0. The van der Waals surface area contributed by atoms with Crippen LogP contribution in [0.25, 0.3) is 0 Å².